The zero-order valence-corrected chi connectivity index (χ0v) is 27.0. The first kappa shape index (κ1) is 35.3. The van der Waals surface area contributed by atoms with Crippen LogP contribution >= 0.6 is 0 Å². The molecule has 10 nitrogen and oxygen atoms in total. The van der Waals surface area contributed by atoms with Crippen molar-refractivity contribution in [1.82, 2.24) is 20.7 Å². The summed E-state index contributed by atoms with van der Waals surface area (Å²) in [7, 11) is 1.76. The Balaban J connectivity index is 1.69. The lowest BCUT2D eigenvalue weighted by Gasteiger charge is -2.37. The molecule has 0 aliphatic heterocycles. The van der Waals surface area contributed by atoms with Crippen molar-refractivity contribution in [2.75, 3.05) is 26.7 Å². The molecule has 10 heteroatoms. The molecular formula is C33H59N5O5. The first-order chi connectivity index (χ1) is 20.6. The number of nitrogens with zero attached hydrogens (tertiary/aromatic N) is 2. The van der Waals surface area contributed by atoms with E-state index in [1.54, 1.807) is 12.1 Å². The Morgan fingerprint density at radius 3 is 1.93 bits per heavy atom. The molecule has 0 aromatic heterocycles. The normalized spacial score (nSPS) is 25.1. The number of hydrogen-bond donors (Lipinski definition) is 4. The Hall–Kier alpha value is -2.20. The van der Waals surface area contributed by atoms with Gasteiger partial charge in [0.05, 0.1) is 12.1 Å². The van der Waals surface area contributed by atoms with Crippen molar-refractivity contribution >= 4 is 23.6 Å². The third-order valence-electron chi connectivity index (χ3n) is 9.97. The fourth-order valence-corrected chi connectivity index (χ4v) is 7.59. The number of rotatable bonds is 15. The number of likely N-dealkylation sites (N-methyl/N-ethyl adjacent to an activating group) is 1. The molecule has 246 valence electrons. The number of nitrogens with one attached hydrogen (secondary N) is 2. The van der Waals surface area contributed by atoms with Gasteiger partial charge in [0.25, 0.3) is 0 Å². The SMILES string of the molecule is CCCN(CCC)C(=O)C1CC(C(N)=O)CC(C(=O)NC(CC2CCCCC2)C(O)CN(C)NC(=O)C2CCCCC2)C1. The van der Waals surface area contributed by atoms with E-state index in [1.165, 1.54) is 12.8 Å². The number of nitrogens with two attached hydrogens (primary N) is 1. The standard InChI is InChI=1S/C33H59N5O5/c1-4-16-38(17-5-2)33(43)27-20-25(30(34)40)19-26(21-27)31(41)35-28(18-23-12-8-6-9-13-23)29(39)22-37(3)36-32(42)24-14-10-7-11-15-24/h23-29,39H,4-22H2,1-3H3,(H2,34,40)(H,35,41)(H,36,42). The second-order valence-electron chi connectivity index (χ2n) is 13.6. The number of primary amides is 1. The molecule has 4 amide bonds. The van der Waals surface area contributed by atoms with E-state index in [0.29, 0.717) is 44.7 Å². The van der Waals surface area contributed by atoms with Gasteiger partial charge in [-0.3, -0.25) is 24.6 Å². The number of aliphatic hydroxyl groups is 1. The van der Waals surface area contributed by atoms with E-state index < -0.39 is 35.8 Å². The van der Waals surface area contributed by atoms with Crippen LogP contribution in [0.1, 0.15) is 117 Å². The molecule has 3 fully saturated rings. The zero-order valence-electron chi connectivity index (χ0n) is 27.0. The Labute approximate surface area is 259 Å². The van der Waals surface area contributed by atoms with E-state index in [-0.39, 0.29) is 30.2 Å². The molecule has 0 spiro atoms. The van der Waals surface area contributed by atoms with Crippen LogP contribution in [0.25, 0.3) is 0 Å². The molecule has 0 aromatic rings. The summed E-state index contributed by atoms with van der Waals surface area (Å²) in [6.07, 6.45) is 13.3. The first-order valence-electron chi connectivity index (χ1n) is 17.2. The van der Waals surface area contributed by atoms with E-state index in [2.05, 4.69) is 10.7 Å². The highest BCUT2D eigenvalue weighted by Gasteiger charge is 2.40. The lowest BCUT2D eigenvalue weighted by molar-refractivity contribution is -0.141. The molecule has 0 heterocycles. The average Bonchev–Trinajstić information content (AvgIpc) is 3.00. The maximum atomic E-state index is 13.8. The van der Waals surface area contributed by atoms with Crippen molar-refractivity contribution in [3.05, 3.63) is 0 Å². The van der Waals surface area contributed by atoms with Gasteiger partial charge in [0.15, 0.2) is 0 Å². The summed E-state index contributed by atoms with van der Waals surface area (Å²) in [5.74, 6) is -1.77. The number of hydrazine groups is 1. The molecule has 5 atom stereocenters. The van der Waals surface area contributed by atoms with E-state index in [1.807, 2.05) is 18.7 Å². The van der Waals surface area contributed by atoms with Gasteiger partial charge in [0.1, 0.15) is 0 Å². The van der Waals surface area contributed by atoms with Crippen LogP contribution in [0, 0.1) is 29.6 Å². The summed E-state index contributed by atoms with van der Waals surface area (Å²) in [5.41, 5.74) is 8.68. The lowest BCUT2D eigenvalue weighted by Crippen LogP contribution is -2.54. The van der Waals surface area contributed by atoms with Crippen LogP contribution in [0.2, 0.25) is 0 Å². The molecule has 0 bridgehead atoms. The summed E-state index contributed by atoms with van der Waals surface area (Å²) >= 11 is 0. The Kier molecular flexibility index (Phi) is 14.7. The Morgan fingerprint density at radius 1 is 0.791 bits per heavy atom. The van der Waals surface area contributed by atoms with Gasteiger partial charge >= 0.3 is 0 Å². The summed E-state index contributed by atoms with van der Waals surface area (Å²) in [4.78, 5) is 54.3. The van der Waals surface area contributed by atoms with Crippen molar-refractivity contribution in [2.45, 2.75) is 129 Å². The lowest BCUT2D eigenvalue weighted by atomic mass is 9.73. The van der Waals surface area contributed by atoms with Crippen molar-refractivity contribution in [3.8, 4) is 0 Å². The molecule has 3 aliphatic carbocycles. The van der Waals surface area contributed by atoms with Crippen LogP contribution in [0.15, 0.2) is 0 Å². The van der Waals surface area contributed by atoms with Gasteiger partial charge in [0, 0.05) is 50.4 Å². The molecule has 3 saturated carbocycles. The highest BCUT2D eigenvalue weighted by molar-refractivity contribution is 5.85. The van der Waals surface area contributed by atoms with E-state index in [9.17, 15) is 24.3 Å². The first-order valence-corrected chi connectivity index (χ1v) is 17.2. The number of carbonyl (C=O) groups is 4. The monoisotopic (exact) mass is 605 g/mol. The fourth-order valence-electron chi connectivity index (χ4n) is 7.59. The van der Waals surface area contributed by atoms with Crippen molar-refractivity contribution in [1.29, 1.82) is 0 Å². The van der Waals surface area contributed by atoms with E-state index in [4.69, 9.17) is 5.73 Å². The number of amides is 4. The summed E-state index contributed by atoms with van der Waals surface area (Å²) in [5, 5.41) is 16.2. The summed E-state index contributed by atoms with van der Waals surface area (Å²) in [6.45, 7) is 5.57. The number of carbonyl (C=O) groups excluding carboxylic acids is 4. The highest BCUT2D eigenvalue weighted by atomic mass is 16.3. The molecule has 0 radical (unpaired) electrons. The summed E-state index contributed by atoms with van der Waals surface area (Å²) in [6, 6.07) is -0.496. The molecule has 3 aliphatic rings. The Morgan fingerprint density at radius 2 is 1.35 bits per heavy atom. The average molecular weight is 606 g/mol. The predicted molar refractivity (Wildman–Crippen MR) is 167 cm³/mol. The van der Waals surface area contributed by atoms with Crippen LogP contribution in [0.4, 0.5) is 0 Å². The van der Waals surface area contributed by atoms with Crippen LogP contribution in [-0.2, 0) is 19.2 Å². The van der Waals surface area contributed by atoms with Gasteiger partial charge in [-0.05, 0) is 57.3 Å². The van der Waals surface area contributed by atoms with Crippen LogP contribution in [0.3, 0.4) is 0 Å². The van der Waals surface area contributed by atoms with Gasteiger partial charge < -0.3 is 21.1 Å². The smallest absolute Gasteiger partial charge is 0.237 e. The topological polar surface area (TPSA) is 145 Å². The second-order valence-corrected chi connectivity index (χ2v) is 13.6. The molecule has 5 N–H and O–H groups in total. The number of hydrogen-bond acceptors (Lipinski definition) is 6. The van der Waals surface area contributed by atoms with Gasteiger partial charge in [-0.2, -0.15) is 0 Å². The molecule has 0 saturated heterocycles. The maximum absolute atomic E-state index is 13.8. The van der Waals surface area contributed by atoms with Crippen LogP contribution < -0.4 is 16.5 Å². The van der Waals surface area contributed by atoms with E-state index >= 15 is 0 Å². The van der Waals surface area contributed by atoms with Gasteiger partial charge in [0.2, 0.25) is 23.6 Å². The van der Waals surface area contributed by atoms with Crippen LogP contribution in [-0.4, -0.2) is 77.5 Å². The minimum atomic E-state index is -0.889. The van der Waals surface area contributed by atoms with Gasteiger partial charge in [-0.1, -0.05) is 65.2 Å². The minimum Gasteiger partial charge on any atom is -0.390 e. The number of aliphatic hydroxyl groups excluding tert-OH is 1. The molecule has 43 heavy (non-hydrogen) atoms. The van der Waals surface area contributed by atoms with Gasteiger partial charge in [-0.15, -0.1) is 0 Å². The van der Waals surface area contributed by atoms with Gasteiger partial charge in [-0.25, -0.2) is 5.01 Å². The third kappa shape index (κ3) is 11.0. The molecule has 3 rings (SSSR count). The molecular weight excluding hydrogens is 546 g/mol. The zero-order chi connectivity index (χ0) is 31.4. The highest BCUT2D eigenvalue weighted by Crippen LogP contribution is 2.35. The maximum Gasteiger partial charge on any atom is 0.237 e. The largest absolute Gasteiger partial charge is 0.390 e. The Bertz CT molecular complexity index is 898. The molecule has 0 aromatic carbocycles. The quantitative estimate of drug-likeness (QED) is 0.210. The fraction of sp³-hybridized carbons (Fsp3) is 0.879. The molecule has 5 unspecified atom stereocenters. The third-order valence-corrected chi connectivity index (χ3v) is 9.97. The van der Waals surface area contributed by atoms with Crippen molar-refractivity contribution < 1.29 is 24.3 Å². The van der Waals surface area contributed by atoms with E-state index in [0.717, 1.165) is 64.2 Å². The summed E-state index contributed by atoms with van der Waals surface area (Å²) < 4.78 is 0. The minimum absolute atomic E-state index is 0.00146. The van der Waals surface area contributed by atoms with Crippen LogP contribution in [0.5, 0.6) is 0 Å². The van der Waals surface area contributed by atoms with Crippen molar-refractivity contribution in [2.24, 2.45) is 35.3 Å². The predicted octanol–water partition coefficient (Wildman–Crippen LogP) is 3.51. The van der Waals surface area contributed by atoms with Crippen molar-refractivity contribution in [3.63, 3.8) is 0 Å². The second kappa shape index (κ2) is 17.9.